The lowest BCUT2D eigenvalue weighted by molar-refractivity contribution is -0.137. The lowest BCUT2D eigenvalue weighted by atomic mass is 10.2. The Hall–Kier alpha value is -1.83. The van der Waals surface area contributed by atoms with E-state index in [0.29, 0.717) is 13.0 Å². The van der Waals surface area contributed by atoms with Crippen LogP contribution in [0.4, 0.5) is 19.0 Å². The van der Waals surface area contributed by atoms with E-state index in [2.05, 4.69) is 20.5 Å². The Kier molecular flexibility index (Phi) is 4.12. The van der Waals surface area contributed by atoms with Gasteiger partial charge in [-0.1, -0.05) is 11.6 Å². The van der Waals surface area contributed by atoms with Crippen LogP contribution in [0.3, 0.4) is 0 Å². The molecule has 0 aliphatic heterocycles. The minimum Gasteiger partial charge on any atom is -0.370 e. The number of rotatable bonds is 4. The van der Waals surface area contributed by atoms with Crippen molar-refractivity contribution in [3.05, 3.63) is 35.0 Å². The first kappa shape index (κ1) is 14.6. The number of nitrogens with one attached hydrogen (secondary N) is 1. The maximum Gasteiger partial charge on any atom is 0.416 e. The van der Waals surface area contributed by atoms with Crippen molar-refractivity contribution in [1.29, 1.82) is 0 Å². The van der Waals surface area contributed by atoms with Crippen LogP contribution in [0.15, 0.2) is 18.5 Å². The number of aromatic nitrogens is 4. The highest BCUT2D eigenvalue weighted by atomic mass is 35.5. The van der Waals surface area contributed by atoms with Crippen molar-refractivity contribution in [2.45, 2.75) is 12.6 Å². The van der Waals surface area contributed by atoms with Crippen LogP contribution in [0.5, 0.6) is 0 Å². The van der Waals surface area contributed by atoms with E-state index >= 15 is 0 Å². The third-order valence-corrected chi connectivity index (χ3v) is 2.77. The molecule has 0 aliphatic rings. The van der Waals surface area contributed by atoms with Crippen LogP contribution in [0.2, 0.25) is 5.15 Å². The first-order valence-electron chi connectivity index (χ1n) is 5.68. The van der Waals surface area contributed by atoms with Gasteiger partial charge in [-0.05, 0) is 12.1 Å². The fraction of sp³-hybridized carbons (Fsp3) is 0.364. The highest BCUT2D eigenvalue weighted by Crippen LogP contribution is 2.31. The summed E-state index contributed by atoms with van der Waals surface area (Å²) < 4.78 is 39.6. The molecule has 2 rings (SSSR count). The van der Waals surface area contributed by atoms with Crippen molar-refractivity contribution in [3.63, 3.8) is 0 Å². The summed E-state index contributed by atoms with van der Waals surface area (Å²) in [6.07, 6.45) is -2.40. The average molecular weight is 306 g/mol. The fourth-order valence-corrected chi connectivity index (χ4v) is 1.80. The molecule has 9 heteroatoms. The lowest BCUT2D eigenvalue weighted by Crippen LogP contribution is -2.11. The highest BCUT2D eigenvalue weighted by Gasteiger charge is 2.31. The molecule has 2 aromatic heterocycles. The minimum absolute atomic E-state index is 0.0759. The quantitative estimate of drug-likeness (QED) is 0.882. The van der Waals surface area contributed by atoms with Crippen LogP contribution in [0.1, 0.15) is 11.4 Å². The number of hydrogen-bond acceptors (Lipinski definition) is 4. The second-order valence-corrected chi connectivity index (χ2v) is 4.48. The summed E-state index contributed by atoms with van der Waals surface area (Å²) in [7, 11) is 1.79. The first-order valence-corrected chi connectivity index (χ1v) is 6.05. The molecule has 20 heavy (non-hydrogen) atoms. The van der Waals surface area contributed by atoms with Crippen molar-refractivity contribution in [2.75, 3.05) is 11.9 Å². The fourth-order valence-electron chi connectivity index (χ4n) is 1.59. The number of anilines is 1. The molecule has 0 aromatic carbocycles. The molecule has 0 saturated carbocycles. The van der Waals surface area contributed by atoms with Crippen LogP contribution in [-0.4, -0.2) is 26.3 Å². The molecule has 0 atom stereocenters. The Morgan fingerprint density at radius 1 is 1.35 bits per heavy atom. The summed E-state index contributed by atoms with van der Waals surface area (Å²) in [5.41, 5.74) is -0.835. The van der Waals surface area contributed by atoms with E-state index < -0.39 is 11.7 Å². The lowest BCUT2D eigenvalue weighted by Gasteiger charge is -2.10. The van der Waals surface area contributed by atoms with E-state index in [9.17, 15) is 13.2 Å². The van der Waals surface area contributed by atoms with E-state index in [1.807, 2.05) is 0 Å². The van der Waals surface area contributed by atoms with Crippen LogP contribution >= 0.6 is 11.6 Å². The predicted octanol–water partition coefficient (Wildman–Crippen LogP) is 2.54. The summed E-state index contributed by atoms with van der Waals surface area (Å²) in [6.45, 7) is 0.372. The van der Waals surface area contributed by atoms with Gasteiger partial charge >= 0.3 is 6.18 Å². The maximum absolute atomic E-state index is 12.6. The third kappa shape index (κ3) is 3.60. The summed E-state index contributed by atoms with van der Waals surface area (Å²) in [5.74, 6) is 0.794. The number of pyridine rings is 1. The van der Waals surface area contributed by atoms with Crippen molar-refractivity contribution >= 4 is 17.4 Å². The number of aryl methyl sites for hydroxylation is 1. The molecule has 2 heterocycles. The molecule has 0 saturated heterocycles. The van der Waals surface area contributed by atoms with Gasteiger partial charge in [-0.25, -0.2) is 4.98 Å². The van der Waals surface area contributed by atoms with Crippen LogP contribution < -0.4 is 5.32 Å². The zero-order valence-electron chi connectivity index (χ0n) is 10.4. The van der Waals surface area contributed by atoms with Gasteiger partial charge < -0.3 is 9.88 Å². The van der Waals surface area contributed by atoms with Crippen LogP contribution in [0.25, 0.3) is 0 Å². The summed E-state index contributed by atoms with van der Waals surface area (Å²) in [4.78, 5) is 3.80. The predicted molar refractivity (Wildman–Crippen MR) is 67.4 cm³/mol. The van der Waals surface area contributed by atoms with Crippen molar-refractivity contribution in [1.82, 2.24) is 19.7 Å². The molecule has 0 bridgehead atoms. The normalized spacial score (nSPS) is 11.7. The van der Waals surface area contributed by atoms with E-state index in [1.54, 1.807) is 17.9 Å². The van der Waals surface area contributed by atoms with Gasteiger partial charge in [-0.3, -0.25) is 0 Å². The molecule has 108 valence electrons. The molecular formula is C11H11ClF3N5. The van der Waals surface area contributed by atoms with E-state index in [0.717, 1.165) is 18.0 Å². The molecule has 0 fully saturated rings. The van der Waals surface area contributed by atoms with Gasteiger partial charge in [0.05, 0.1) is 5.56 Å². The minimum atomic E-state index is -4.45. The van der Waals surface area contributed by atoms with Crippen LogP contribution in [0, 0.1) is 0 Å². The zero-order valence-corrected chi connectivity index (χ0v) is 11.2. The Balaban J connectivity index is 2.03. The molecule has 5 nitrogen and oxygen atoms in total. The highest BCUT2D eigenvalue weighted by molar-refractivity contribution is 6.29. The SMILES string of the molecule is Cn1cnnc1CCNc1cc(C(F)(F)F)cc(Cl)n1. The number of nitrogens with zero attached hydrogens (tertiary/aromatic N) is 4. The summed E-state index contributed by atoms with van der Waals surface area (Å²) >= 11 is 5.58. The van der Waals surface area contributed by atoms with E-state index in [-0.39, 0.29) is 11.0 Å². The molecule has 2 aromatic rings. The molecule has 1 N–H and O–H groups in total. The van der Waals surface area contributed by atoms with Crippen LogP contribution in [-0.2, 0) is 19.6 Å². The molecule has 0 unspecified atom stereocenters. The van der Waals surface area contributed by atoms with Crippen molar-refractivity contribution in [3.8, 4) is 0 Å². The van der Waals surface area contributed by atoms with Crippen molar-refractivity contribution < 1.29 is 13.2 Å². The second-order valence-electron chi connectivity index (χ2n) is 4.10. The molecule has 0 amide bonds. The third-order valence-electron chi connectivity index (χ3n) is 2.58. The molecule has 0 spiro atoms. The van der Waals surface area contributed by atoms with Crippen molar-refractivity contribution in [2.24, 2.45) is 7.05 Å². The van der Waals surface area contributed by atoms with Gasteiger partial charge in [0.2, 0.25) is 0 Å². The number of hydrogen-bond donors (Lipinski definition) is 1. The summed E-state index contributed by atoms with van der Waals surface area (Å²) in [5, 5.41) is 10.2. The number of alkyl halides is 3. The first-order chi connectivity index (χ1) is 9.36. The smallest absolute Gasteiger partial charge is 0.370 e. The van der Waals surface area contributed by atoms with Gasteiger partial charge in [0, 0.05) is 20.0 Å². The Labute approximate surface area is 117 Å². The number of halogens is 4. The van der Waals surface area contributed by atoms with Gasteiger partial charge in [0.1, 0.15) is 23.1 Å². The van der Waals surface area contributed by atoms with Gasteiger partial charge in [0.15, 0.2) is 0 Å². The molecule has 0 aliphatic carbocycles. The van der Waals surface area contributed by atoms with E-state index in [4.69, 9.17) is 11.6 Å². The molecular weight excluding hydrogens is 295 g/mol. The summed E-state index contributed by atoms with van der Waals surface area (Å²) in [6, 6.07) is 1.71. The Morgan fingerprint density at radius 2 is 2.10 bits per heavy atom. The second kappa shape index (κ2) is 5.66. The average Bonchev–Trinajstić information content (AvgIpc) is 2.73. The zero-order chi connectivity index (χ0) is 14.8. The Morgan fingerprint density at radius 3 is 2.70 bits per heavy atom. The Bertz CT molecular complexity index is 596. The standard InChI is InChI=1S/C11H11ClF3N5/c1-20-6-17-19-10(20)2-3-16-9-5-7(11(13,14)15)4-8(12)18-9/h4-6H,2-3H2,1H3,(H,16,18). The van der Waals surface area contributed by atoms with E-state index in [1.165, 1.54) is 0 Å². The monoisotopic (exact) mass is 305 g/mol. The molecule has 0 radical (unpaired) electrons. The largest absolute Gasteiger partial charge is 0.416 e. The maximum atomic E-state index is 12.6. The topological polar surface area (TPSA) is 55.6 Å². The van der Waals surface area contributed by atoms with Gasteiger partial charge in [-0.15, -0.1) is 10.2 Å². The van der Waals surface area contributed by atoms with Gasteiger partial charge in [0.25, 0.3) is 0 Å². The van der Waals surface area contributed by atoms with Gasteiger partial charge in [-0.2, -0.15) is 13.2 Å².